The zero-order valence-electron chi connectivity index (χ0n) is 12.2. The molecule has 5 heteroatoms. The molecule has 1 aromatic rings. The lowest BCUT2D eigenvalue weighted by Gasteiger charge is -2.19. The van der Waals surface area contributed by atoms with Gasteiger partial charge in [-0.05, 0) is 38.5 Å². The first-order chi connectivity index (χ1) is 9.31. The molecule has 0 unspecified atom stereocenters. The summed E-state index contributed by atoms with van der Waals surface area (Å²) in [6.07, 6.45) is 3.26. The first-order valence-corrected chi connectivity index (χ1v) is 6.66. The molecule has 0 atom stereocenters. The lowest BCUT2D eigenvalue weighted by atomic mass is 10.2. The highest BCUT2D eigenvalue weighted by molar-refractivity contribution is 6.32. The van der Waals surface area contributed by atoms with E-state index < -0.39 is 11.7 Å². The molecule has 1 rings (SSSR count). The minimum Gasteiger partial charge on any atom is -0.495 e. The van der Waals surface area contributed by atoms with Crippen molar-refractivity contribution in [2.45, 2.75) is 26.4 Å². The number of hydrogen-bond donors (Lipinski definition) is 1. The summed E-state index contributed by atoms with van der Waals surface area (Å²) in [6, 6.07) is 5.46. The van der Waals surface area contributed by atoms with Crippen molar-refractivity contribution in [1.29, 1.82) is 0 Å². The van der Waals surface area contributed by atoms with Gasteiger partial charge in [-0.1, -0.05) is 29.8 Å². The van der Waals surface area contributed by atoms with Crippen LogP contribution in [0.4, 0.5) is 4.79 Å². The molecule has 0 aliphatic carbocycles. The number of carbonyl (C=O) groups excluding carboxylic acids is 1. The summed E-state index contributed by atoms with van der Waals surface area (Å²) >= 11 is 5.94. The molecule has 0 saturated carbocycles. The average molecular weight is 298 g/mol. The molecule has 0 bridgehead atoms. The Bertz CT molecular complexity index is 492. The molecule has 20 heavy (non-hydrogen) atoms. The summed E-state index contributed by atoms with van der Waals surface area (Å²) in [4.78, 5) is 11.4. The SMILES string of the molecule is COc1cc(C=CCNC(=O)OC(C)(C)C)ccc1Cl. The Kier molecular flexibility index (Phi) is 5.89. The van der Waals surface area contributed by atoms with Gasteiger partial charge in [0.25, 0.3) is 0 Å². The quantitative estimate of drug-likeness (QED) is 0.917. The summed E-state index contributed by atoms with van der Waals surface area (Å²) in [5, 5.41) is 3.21. The van der Waals surface area contributed by atoms with Crippen LogP contribution in [0.5, 0.6) is 5.75 Å². The van der Waals surface area contributed by atoms with Gasteiger partial charge in [0.1, 0.15) is 11.4 Å². The van der Waals surface area contributed by atoms with E-state index in [1.165, 1.54) is 0 Å². The second-order valence-corrected chi connectivity index (χ2v) is 5.59. The number of carbonyl (C=O) groups is 1. The molecule has 0 radical (unpaired) electrons. The van der Waals surface area contributed by atoms with Crippen LogP contribution in [0.1, 0.15) is 26.3 Å². The second-order valence-electron chi connectivity index (χ2n) is 5.18. The zero-order valence-corrected chi connectivity index (χ0v) is 13.0. The van der Waals surface area contributed by atoms with Gasteiger partial charge in [0.2, 0.25) is 0 Å². The Balaban J connectivity index is 2.47. The van der Waals surface area contributed by atoms with Gasteiger partial charge in [-0.15, -0.1) is 0 Å². The molecule has 0 spiro atoms. The maximum absolute atomic E-state index is 11.4. The fourth-order valence-corrected chi connectivity index (χ4v) is 1.63. The van der Waals surface area contributed by atoms with Gasteiger partial charge in [-0.2, -0.15) is 0 Å². The van der Waals surface area contributed by atoms with E-state index in [9.17, 15) is 4.79 Å². The molecule has 0 saturated heterocycles. The van der Waals surface area contributed by atoms with Gasteiger partial charge in [0.15, 0.2) is 0 Å². The van der Waals surface area contributed by atoms with Gasteiger partial charge in [0, 0.05) is 6.54 Å². The normalized spacial score (nSPS) is 11.4. The van der Waals surface area contributed by atoms with Crippen molar-refractivity contribution < 1.29 is 14.3 Å². The summed E-state index contributed by atoms with van der Waals surface area (Å²) in [6.45, 7) is 5.85. The number of alkyl carbamates (subject to hydrolysis) is 1. The van der Waals surface area contributed by atoms with Gasteiger partial charge in [-0.25, -0.2) is 4.79 Å². The standard InChI is InChI=1S/C15H20ClNO3/c1-15(2,3)20-14(18)17-9-5-6-11-7-8-12(16)13(10-11)19-4/h5-8,10H,9H2,1-4H3,(H,17,18). The number of amides is 1. The molecular weight excluding hydrogens is 278 g/mol. The van der Waals surface area contributed by atoms with Crippen molar-refractivity contribution in [3.05, 3.63) is 34.9 Å². The number of ether oxygens (including phenoxy) is 2. The molecule has 0 heterocycles. The third-order valence-corrected chi connectivity index (χ3v) is 2.56. The molecule has 0 aliphatic rings. The van der Waals surface area contributed by atoms with Crippen LogP contribution in [-0.4, -0.2) is 25.3 Å². The third-order valence-electron chi connectivity index (χ3n) is 2.25. The highest BCUT2D eigenvalue weighted by Crippen LogP contribution is 2.25. The van der Waals surface area contributed by atoms with Crippen molar-refractivity contribution in [1.82, 2.24) is 5.32 Å². The van der Waals surface area contributed by atoms with Crippen molar-refractivity contribution in [3.8, 4) is 5.75 Å². The number of methoxy groups -OCH3 is 1. The molecule has 0 aromatic heterocycles. The Morgan fingerprint density at radius 1 is 1.40 bits per heavy atom. The molecule has 110 valence electrons. The van der Waals surface area contributed by atoms with Crippen LogP contribution in [0.2, 0.25) is 5.02 Å². The largest absolute Gasteiger partial charge is 0.495 e. The van der Waals surface area contributed by atoms with E-state index in [4.69, 9.17) is 21.1 Å². The molecule has 4 nitrogen and oxygen atoms in total. The summed E-state index contributed by atoms with van der Waals surface area (Å²) < 4.78 is 10.3. The molecular formula is C15H20ClNO3. The minimum absolute atomic E-state index is 0.389. The van der Waals surface area contributed by atoms with Crippen LogP contribution in [0.3, 0.4) is 0 Å². The zero-order chi connectivity index (χ0) is 15.2. The van der Waals surface area contributed by atoms with Crippen molar-refractivity contribution in [3.63, 3.8) is 0 Å². The first-order valence-electron chi connectivity index (χ1n) is 6.29. The van der Waals surface area contributed by atoms with Gasteiger partial charge < -0.3 is 14.8 Å². The Hall–Kier alpha value is -1.68. The highest BCUT2D eigenvalue weighted by atomic mass is 35.5. The van der Waals surface area contributed by atoms with Crippen LogP contribution in [0, 0.1) is 0 Å². The molecule has 0 aliphatic heterocycles. The van der Waals surface area contributed by atoms with Crippen LogP contribution < -0.4 is 10.1 Å². The van der Waals surface area contributed by atoms with E-state index in [1.807, 2.05) is 45.1 Å². The summed E-state index contributed by atoms with van der Waals surface area (Å²) in [5.41, 5.74) is 0.453. The third kappa shape index (κ3) is 5.97. The molecule has 1 aromatic carbocycles. The molecule has 0 fully saturated rings. The Morgan fingerprint density at radius 3 is 2.70 bits per heavy atom. The van der Waals surface area contributed by atoms with E-state index in [0.29, 0.717) is 17.3 Å². The maximum atomic E-state index is 11.4. The summed E-state index contributed by atoms with van der Waals surface area (Å²) in [7, 11) is 1.57. The maximum Gasteiger partial charge on any atom is 0.407 e. The van der Waals surface area contributed by atoms with Gasteiger partial charge >= 0.3 is 6.09 Å². The second kappa shape index (κ2) is 7.20. The monoisotopic (exact) mass is 297 g/mol. The Morgan fingerprint density at radius 2 is 2.10 bits per heavy atom. The number of nitrogens with one attached hydrogen (secondary N) is 1. The van der Waals surface area contributed by atoms with Crippen molar-refractivity contribution in [2.24, 2.45) is 0 Å². The molecule has 1 N–H and O–H groups in total. The number of hydrogen-bond acceptors (Lipinski definition) is 3. The van der Waals surface area contributed by atoms with Crippen LogP contribution in [0.15, 0.2) is 24.3 Å². The highest BCUT2D eigenvalue weighted by Gasteiger charge is 2.14. The van der Waals surface area contributed by atoms with E-state index in [-0.39, 0.29) is 0 Å². The lowest BCUT2D eigenvalue weighted by Crippen LogP contribution is -2.32. The van der Waals surface area contributed by atoms with E-state index in [0.717, 1.165) is 5.56 Å². The lowest BCUT2D eigenvalue weighted by molar-refractivity contribution is 0.0534. The predicted molar refractivity (Wildman–Crippen MR) is 81.3 cm³/mol. The van der Waals surface area contributed by atoms with Crippen molar-refractivity contribution in [2.75, 3.05) is 13.7 Å². The number of benzene rings is 1. The molecule has 1 amide bonds. The first kappa shape index (κ1) is 16.4. The number of halogens is 1. The van der Waals surface area contributed by atoms with Crippen LogP contribution >= 0.6 is 11.6 Å². The van der Waals surface area contributed by atoms with Gasteiger partial charge in [0.05, 0.1) is 12.1 Å². The topological polar surface area (TPSA) is 47.6 Å². The van der Waals surface area contributed by atoms with Gasteiger partial charge in [-0.3, -0.25) is 0 Å². The minimum atomic E-state index is -0.489. The predicted octanol–water partition coefficient (Wildman–Crippen LogP) is 3.89. The fraction of sp³-hybridized carbons (Fsp3) is 0.400. The van der Waals surface area contributed by atoms with E-state index >= 15 is 0 Å². The van der Waals surface area contributed by atoms with Crippen LogP contribution in [0.25, 0.3) is 6.08 Å². The van der Waals surface area contributed by atoms with E-state index in [1.54, 1.807) is 13.2 Å². The van der Waals surface area contributed by atoms with E-state index in [2.05, 4.69) is 5.32 Å². The Labute approximate surface area is 124 Å². The van der Waals surface area contributed by atoms with Crippen LogP contribution in [-0.2, 0) is 4.74 Å². The smallest absolute Gasteiger partial charge is 0.407 e. The van der Waals surface area contributed by atoms with Crippen molar-refractivity contribution >= 4 is 23.8 Å². The average Bonchev–Trinajstić information content (AvgIpc) is 2.34. The summed E-state index contributed by atoms with van der Waals surface area (Å²) in [5.74, 6) is 0.619. The fourth-order valence-electron chi connectivity index (χ4n) is 1.43. The number of rotatable bonds is 4.